The number of likely N-dealkylation sites (N-methyl/N-ethyl adjacent to an activating group) is 1. The van der Waals surface area contributed by atoms with Crippen LogP contribution in [0.1, 0.15) is 31.4 Å². The standard InChI is InChI=1S/C22H27ClN2O2S/c1-4-24-22(27)17(3)25(15-18-7-5-6-16(2)14-18)21(26)12-13-28-20-10-8-19(23)9-11-20/h5-11,14,17H,4,12-13,15H2,1-3H3,(H,24,27)/t17-/m0/s1. The van der Waals surface area contributed by atoms with Gasteiger partial charge in [0, 0.05) is 35.2 Å². The van der Waals surface area contributed by atoms with Crippen molar-refractivity contribution in [2.45, 2.75) is 44.7 Å². The molecule has 0 radical (unpaired) electrons. The zero-order valence-electron chi connectivity index (χ0n) is 16.6. The second kappa shape index (κ2) is 11.1. The lowest BCUT2D eigenvalue weighted by Crippen LogP contribution is -2.47. The number of nitrogens with zero attached hydrogens (tertiary/aromatic N) is 1. The van der Waals surface area contributed by atoms with Gasteiger partial charge in [-0.1, -0.05) is 41.4 Å². The van der Waals surface area contributed by atoms with Crippen LogP contribution in [0.15, 0.2) is 53.4 Å². The van der Waals surface area contributed by atoms with E-state index < -0.39 is 6.04 Å². The van der Waals surface area contributed by atoms with E-state index in [-0.39, 0.29) is 11.8 Å². The van der Waals surface area contributed by atoms with Gasteiger partial charge in [-0.3, -0.25) is 9.59 Å². The third-order valence-corrected chi connectivity index (χ3v) is 5.62. The van der Waals surface area contributed by atoms with Crippen molar-refractivity contribution in [2.75, 3.05) is 12.3 Å². The number of hydrogen-bond donors (Lipinski definition) is 1. The monoisotopic (exact) mass is 418 g/mol. The summed E-state index contributed by atoms with van der Waals surface area (Å²) in [7, 11) is 0. The molecule has 0 aromatic heterocycles. The van der Waals surface area contributed by atoms with E-state index in [0.717, 1.165) is 16.0 Å². The molecule has 0 bridgehead atoms. The minimum Gasteiger partial charge on any atom is -0.355 e. The van der Waals surface area contributed by atoms with E-state index in [9.17, 15) is 9.59 Å². The van der Waals surface area contributed by atoms with Crippen molar-refractivity contribution in [3.63, 3.8) is 0 Å². The van der Waals surface area contributed by atoms with Crippen molar-refractivity contribution in [2.24, 2.45) is 0 Å². The molecule has 0 fully saturated rings. The van der Waals surface area contributed by atoms with E-state index in [2.05, 4.69) is 5.32 Å². The molecule has 4 nitrogen and oxygen atoms in total. The summed E-state index contributed by atoms with van der Waals surface area (Å²) in [4.78, 5) is 28.0. The van der Waals surface area contributed by atoms with Crippen LogP contribution in [-0.4, -0.2) is 35.1 Å². The highest BCUT2D eigenvalue weighted by Crippen LogP contribution is 2.22. The third-order valence-electron chi connectivity index (χ3n) is 4.35. The summed E-state index contributed by atoms with van der Waals surface area (Å²) in [6, 6.07) is 15.1. The van der Waals surface area contributed by atoms with Gasteiger partial charge < -0.3 is 10.2 Å². The summed E-state index contributed by atoms with van der Waals surface area (Å²) >= 11 is 7.52. The molecule has 0 saturated carbocycles. The SMILES string of the molecule is CCNC(=O)[C@H](C)N(Cc1cccc(C)c1)C(=O)CCSc1ccc(Cl)cc1. The number of amides is 2. The van der Waals surface area contributed by atoms with Crippen LogP contribution in [0.5, 0.6) is 0 Å². The summed E-state index contributed by atoms with van der Waals surface area (Å²) in [5.74, 6) is 0.489. The number of nitrogens with one attached hydrogen (secondary N) is 1. The molecule has 28 heavy (non-hydrogen) atoms. The molecule has 150 valence electrons. The lowest BCUT2D eigenvalue weighted by Gasteiger charge is -2.29. The van der Waals surface area contributed by atoms with Gasteiger partial charge in [-0.15, -0.1) is 11.8 Å². The molecule has 1 N–H and O–H groups in total. The second-order valence-corrected chi connectivity index (χ2v) is 8.24. The highest BCUT2D eigenvalue weighted by Gasteiger charge is 2.25. The molecule has 2 amide bonds. The van der Waals surface area contributed by atoms with Crippen LogP contribution in [0.4, 0.5) is 0 Å². The maximum Gasteiger partial charge on any atom is 0.242 e. The van der Waals surface area contributed by atoms with Gasteiger partial charge in [0.05, 0.1) is 0 Å². The van der Waals surface area contributed by atoms with Crippen LogP contribution in [-0.2, 0) is 16.1 Å². The van der Waals surface area contributed by atoms with Crippen LogP contribution in [0.3, 0.4) is 0 Å². The van der Waals surface area contributed by atoms with Crippen molar-refractivity contribution in [1.29, 1.82) is 0 Å². The number of thioether (sulfide) groups is 1. The minimum absolute atomic E-state index is 0.0262. The summed E-state index contributed by atoms with van der Waals surface area (Å²) in [5.41, 5.74) is 2.16. The fraction of sp³-hybridized carbons (Fsp3) is 0.364. The van der Waals surface area contributed by atoms with Crippen LogP contribution >= 0.6 is 23.4 Å². The minimum atomic E-state index is -0.520. The van der Waals surface area contributed by atoms with E-state index in [1.165, 1.54) is 0 Å². The quantitative estimate of drug-likeness (QED) is 0.601. The molecule has 0 heterocycles. The zero-order chi connectivity index (χ0) is 20.5. The average molecular weight is 419 g/mol. The molecule has 2 rings (SSSR count). The van der Waals surface area contributed by atoms with Crippen molar-refractivity contribution < 1.29 is 9.59 Å². The molecule has 0 aliphatic heterocycles. The Morgan fingerprint density at radius 2 is 1.89 bits per heavy atom. The van der Waals surface area contributed by atoms with Crippen molar-refractivity contribution in [3.05, 3.63) is 64.7 Å². The maximum absolute atomic E-state index is 12.9. The Bertz CT molecular complexity index is 795. The fourth-order valence-corrected chi connectivity index (χ4v) is 3.81. The summed E-state index contributed by atoms with van der Waals surface area (Å²) in [6.45, 7) is 6.64. The van der Waals surface area contributed by atoms with Gasteiger partial charge in [0.1, 0.15) is 6.04 Å². The van der Waals surface area contributed by atoms with E-state index in [1.54, 1.807) is 23.6 Å². The highest BCUT2D eigenvalue weighted by atomic mass is 35.5. The van der Waals surface area contributed by atoms with Crippen LogP contribution in [0.25, 0.3) is 0 Å². The van der Waals surface area contributed by atoms with Gasteiger partial charge in [0.15, 0.2) is 0 Å². The van der Waals surface area contributed by atoms with Crippen molar-refractivity contribution in [3.8, 4) is 0 Å². The average Bonchev–Trinajstić information content (AvgIpc) is 2.67. The predicted molar refractivity (Wildman–Crippen MR) is 117 cm³/mol. The van der Waals surface area contributed by atoms with Crippen LogP contribution in [0.2, 0.25) is 5.02 Å². The number of carbonyl (C=O) groups is 2. The van der Waals surface area contributed by atoms with Crippen molar-refractivity contribution in [1.82, 2.24) is 10.2 Å². The Labute approximate surface area is 176 Å². The van der Waals surface area contributed by atoms with Gasteiger partial charge in [0.25, 0.3) is 0 Å². The first-order valence-corrected chi connectivity index (χ1v) is 10.8. The van der Waals surface area contributed by atoms with E-state index >= 15 is 0 Å². The van der Waals surface area contributed by atoms with Crippen LogP contribution < -0.4 is 5.32 Å². The number of benzene rings is 2. The normalized spacial score (nSPS) is 11.7. The van der Waals surface area contributed by atoms with Crippen LogP contribution in [0, 0.1) is 6.92 Å². The van der Waals surface area contributed by atoms with E-state index in [0.29, 0.717) is 30.3 Å². The molecule has 2 aromatic rings. The molecule has 1 atom stereocenters. The van der Waals surface area contributed by atoms with Gasteiger partial charge in [-0.2, -0.15) is 0 Å². The number of hydrogen-bond acceptors (Lipinski definition) is 3. The largest absolute Gasteiger partial charge is 0.355 e. The van der Waals surface area contributed by atoms with Gasteiger partial charge in [-0.25, -0.2) is 0 Å². The van der Waals surface area contributed by atoms with Gasteiger partial charge in [-0.05, 0) is 50.6 Å². The Morgan fingerprint density at radius 1 is 1.18 bits per heavy atom. The first-order valence-electron chi connectivity index (χ1n) is 9.41. The summed E-state index contributed by atoms with van der Waals surface area (Å²) in [6.07, 6.45) is 0.364. The number of carbonyl (C=O) groups excluding carboxylic acids is 2. The molecule has 0 spiro atoms. The topological polar surface area (TPSA) is 49.4 Å². The number of rotatable bonds is 9. The Hall–Kier alpha value is -1.98. The predicted octanol–water partition coefficient (Wildman–Crippen LogP) is 4.68. The van der Waals surface area contributed by atoms with Crippen molar-refractivity contribution >= 4 is 35.2 Å². The number of aryl methyl sites for hydroxylation is 1. The van der Waals surface area contributed by atoms with Gasteiger partial charge in [0.2, 0.25) is 11.8 Å². The fourth-order valence-electron chi connectivity index (χ4n) is 2.84. The first kappa shape index (κ1) is 22.3. The number of halogens is 1. The van der Waals surface area contributed by atoms with Gasteiger partial charge >= 0.3 is 0 Å². The van der Waals surface area contributed by atoms with E-state index in [1.807, 2.05) is 62.4 Å². The molecular formula is C22H27ClN2O2S. The third kappa shape index (κ3) is 6.88. The molecule has 2 aromatic carbocycles. The summed E-state index contributed by atoms with van der Waals surface area (Å²) < 4.78 is 0. The molecule has 0 aliphatic carbocycles. The lowest BCUT2D eigenvalue weighted by atomic mass is 10.1. The molecular weight excluding hydrogens is 392 g/mol. The Kier molecular flexibility index (Phi) is 8.87. The molecule has 0 unspecified atom stereocenters. The highest BCUT2D eigenvalue weighted by molar-refractivity contribution is 7.99. The molecule has 6 heteroatoms. The lowest BCUT2D eigenvalue weighted by molar-refractivity contribution is -0.140. The Morgan fingerprint density at radius 3 is 2.54 bits per heavy atom. The Balaban J connectivity index is 2.04. The molecule has 0 aliphatic rings. The summed E-state index contributed by atoms with van der Waals surface area (Å²) in [5, 5.41) is 3.51. The first-order chi connectivity index (χ1) is 13.4. The second-order valence-electron chi connectivity index (χ2n) is 6.63. The maximum atomic E-state index is 12.9. The molecule has 0 saturated heterocycles. The zero-order valence-corrected chi connectivity index (χ0v) is 18.1. The van der Waals surface area contributed by atoms with E-state index in [4.69, 9.17) is 11.6 Å². The smallest absolute Gasteiger partial charge is 0.242 e.